The molecule has 1 aromatic rings. The SMILES string of the molecule is Cn1ccnc1CN1CCN(C2CCCCC2)C(=O)C1. The van der Waals surface area contributed by atoms with Crippen LogP contribution in [0.3, 0.4) is 0 Å². The molecule has 1 aliphatic carbocycles. The van der Waals surface area contributed by atoms with Gasteiger partial charge in [-0.15, -0.1) is 0 Å². The molecule has 0 aromatic carbocycles. The number of amides is 1. The van der Waals surface area contributed by atoms with Crippen LogP contribution in [0.2, 0.25) is 0 Å². The van der Waals surface area contributed by atoms with Crippen molar-refractivity contribution in [3.8, 4) is 0 Å². The average molecular weight is 276 g/mol. The van der Waals surface area contributed by atoms with Gasteiger partial charge in [0.25, 0.3) is 0 Å². The van der Waals surface area contributed by atoms with Crippen LogP contribution in [0.5, 0.6) is 0 Å². The summed E-state index contributed by atoms with van der Waals surface area (Å²) >= 11 is 0. The molecule has 0 bridgehead atoms. The Kier molecular flexibility index (Phi) is 4.05. The summed E-state index contributed by atoms with van der Waals surface area (Å²) in [5.74, 6) is 1.33. The second-order valence-corrected chi connectivity index (χ2v) is 6.04. The predicted octanol–water partition coefficient (Wildman–Crippen LogP) is 1.40. The number of piperazine rings is 1. The maximum Gasteiger partial charge on any atom is 0.237 e. The maximum atomic E-state index is 12.4. The van der Waals surface area contributed by atoms with Gasteiger partial charge in [0.15, 0.2) is 0 Å². The molecule has 0 N–H and O–H groups in total. The van der Waals surface area contributed by atoms with E-state index >= 15 is 0 Å². The Bertz CT molecular complexity index is 464. The summed E-state index contributed by atoms with van der Waals surface area (Å²) in [5.41, 5.74) is 0. The number of aromatic nitrogens is 2. The third-order valence-corrected chi connectivity index (χ3v) is 4.64. The molecule has 2 fully saturated rings. The van der Waals surface area contributed by atoms with Crippen molar-refractivity contribution in [2.24, 2.45) is 7.05 Å². The van der Waals surface area contributed by atoms with Crippen molar-refractivity contribution in [1.29, 1.82) is 0 Å². The Morgan fingerprint density at radius 3 is 2.70 bits per heavy atom. The van der Waals surface area contributed by atoms with Gasteiger partial charge in [-0.2, -0.15) is 0 Å². The van der Waals surface area contributed by atoms with Crippen LogP contribution in [-0.2, 0) is 18.4 Å². The van der Waals surface area contributed by atoms with Crippen LogP contribution in [0.15, 0.2) is 12.4 Å². The Labute approximate surface area is 120 Å². The standard InChI is InChI=1S/C15H24N4O/c1-17-8-7-16-14(17)11-18-9-10-19(15(20)12-18)13-5-3-2-4-6-13/h7-8,13H,2-6,9-12H2,1H3. The highest BCUT2D eigenvalue weighted by Crippen LogP contribution is 2.24. The number of rotatable bonds is 3. The van der Waals surface area contributed by atoms with E-state index in [1.165, 1.54) is 32.1 Å². The molecule has 2 heterocycles. The molecular formula is C15H24N4O. The third kappa shape index (κ3) is 2.87. The first-order valence-electron chi connectivity index (χ1n) is 7.72. The minimum absolute atomic E-state index is 0.303. The number of carbonyl (C=O) groups excluding carboxylic acids is 1. The van der Waals surface area contributed by atoms with Gasteiger partial charge in [-0.25, -0.2) is 4.98 Å². The van der Waals surface area contributed by atoms with Crippen LogP contribution < -0.4 is 0 Å². The fraction of sp³-hybridized carbons (Fsp3) is 0.733. The highest BCUT2D eigenvalue weighted by molar-refractivity contribution is 5.79. The summed E-state index contributed by atoms with van der Waals surface area (Å²) in [6, 6.07) is 0.506. The van der Waals surface area contributed by atoms with Crippen molar-refractivity contribution in [3.05, 3.63) is 18.2 Å². The monoisotopic (exact) mass is 276 g/mol. The van der Waals surface area contributed by atoms with Crippen LogP contribution in [0.1, 0.15) is 37.9 Å². The van der Waals surface area contributed by atoms with Gasteiger partial charge in [0.2, 0.25) is 5.91 Å². The lowest BCUT2D eigenvalue weighted by atomic mass is 9.93. The van der Waals surface area contributed by atoms with E-state index in [-0.39, 0.29) is 0 Å². The van der Waals surface area contributed by atoms with Crippen molar-refractivity contribution in [2.75, 3.05) is 19.6 Å². The fourth-order valence-electron chi connectivity index (χ4n) is 3.40. The Hall–Kier alpha value is -1.36. The molecule has 0 radical (unpaired) electrons. The maximum absolute atomic E-state index is 12.4. The molecule has 5 nitrogen and oxygen atoms in total. The minimum atomic E-state index is 0.303. The largest absolute Gasteiger partial charge is 0.337 e. The van der Waals surface area contributed by atoms with Gasteiger partial charge in [-0.1, -0.05) is 19.3 Å². The summed E-state index contributed by atoms with van der Waals surface area (Å²) in [7, 11) is 2.00. The zero-order valence-electron chi connectivity index (χ0n) is 12.3. The molecule has 0 spiro atoms. The van der Waals surface area contributed by atoms with Gasteiger partial charge in [-0.05, 0) is 12.8 Å². The van der Waals surface area contributed by atoms with Gasteiger partial charge in [0, 0.05) is 38.6 Å². The van der Waals surface area contributed by atoms with E-state index in [1.54, 1.807) is 0 Å². The lowest BCUT2D eigenvalue weighted by Crippen LogP contribution is -2.54. The first kappa shape index (κ1) is 13.6. The van der Waals surface area contributed by atoms with E-state index in [0.717, 1.165) is 25.5 Å². The summed E-state index contributed by atoms with van der Waals surface area (Å²) in [5, 5.41) is 0. The lowest BCUT2D eigenvalue weighted by Gasteiger charge is -2.40. The lowest BCUT2D eigenvalue weighted by molar-refractivity contribution is -0.139. The third-order valence-electron chi connectivity index (χ3n) is 4.64. The van der Waals surface area contributed by atoms with Crippen molar-refractivity contribution < 1.29 is 4.79 Å². The van der Waals surface area contributed by atoms with Crippen molar-refractivity contribution >= 4 is 5.91 Å². The number of nitrogens with zero attached hydrogens (tertiary/aromatic N) is 4. The number of hydrogen-bond acceptors (Lipinski definition) is 3. The second kappa shape index (κ2) is 5.95. The number of hydrogen-bond donors (Lipinski definition) is 0. The van der Waals surface area contributed by atoms with Crippen molar-refractivity contribution in [3.63, 3.8) is 0 Å². The van der Waals surface area contributed by atoms with E-state index in [9.17, 15) is 4.79 Å². The molecule has 1 saturated carbocycles. The molecule has 1 amide bonds. The molecule has 1 saturated heterocycles. The molecule has 1 aromatic heterocycles. The zero-order valence-corrected chi connectivity index (χ0v) is 12.3. The smallest absolute Gasteiger partial charge is 0.237 e. The molecule has 20 heavy (non-hydrogen) atoms. The summed E-state index contributed by atoms with van der Waals surface area (Å²) in [6.07, 6.45) is 10.1. The molecule has 0 unspecified atom stereocenters. The summed E-state index contributed by atoms with van der Waals surface area (Å²) in [4.78, 5) is 21.1. The quantitative estimate of drug-likeness (QED) is 0.838. The molecule has 0 atom stereocenters. The number of carbonyl (C=O) groups is 1. The van der Waals surface area contributed by atoms with Crippen molar-refractivity contribution in [2.45, 2.75) is 44.7 Å². The van der Waals surface area contributed by atoms with E-state index in [0.29, 0.717) is 18.5 Å². The molecule has 2 aliphatic rings. The van der Waals surface area contributed by atoms with E-state index in [4.69, 9.17) is 0 Å². The van der Waals surface area contributed by atoms with Crippen LogP contribution in [-0.4, -0.2) is 50.9 Å². The Balaban J connectivity index is 1.56. The highest BCUT2D eigenvalue weighted by Gasteiger charge is 2.30. The molecule has 5 heteroatoms. The van der Waals surface area contributed by atoms with Crippen LogP contribution in [0.4, 0.5) is 0 Å². The summed E-state index contributed by atoms with van der Waals surface area (Å²) < 4.78 is 2.03. The van der Waals surface area contributed by atoms with Crippen LogP contribution in [0, 0.1) is 0 Å². The Morgan fingerprint density at radius 2 is 2.05 bits per heavy atom. The predicted molar refractivity (Wildman–Crippen MR) is 77.1 cm³/mol. The van der Waals surface area contributed by atoms with E-state index in [1.807, 2.05) is 24.0 Å². The zero-order chi connectivity index (χ0) is 13.9. The van der Waals surface area contributed by atoms with E-state index in [2.05, 4.69) is 14.8 Å². The van der Waals surface area contributed by atoms with Gasteiger partial charge in [0.05, 0.1) is 13.1 Å². The minimum Gasteiger partial charge on any atom is -0.337 e. The first-order chi connectivity index (χ1) is 9.74. The van der Waals surface area contributed by atoms with Crippen LogP contribution in [0.25, 0.3) is 0 Å². The van der Waals surface area contributed by atoms with Gasteiger partial charge in [-0.3, -0.25) is 9.69 Å². The van der Waals surface area contributed by atoms with E-state index < -0.39 is 0 Å². The number of imidazole rings is 1. The fourth-order valence-corrected chi connectivity index (χ4v) is 3.40. The molecule has 110 valence electrons. The highest BCUT2D eigenvalue weighted by atomic mass is 16.2. The van der Waals surface area contributed by atoms with Crippen LogP contribution >= 0.6 is 0 Å². The normalized spacial score (nSPS) is 22.4. The molecule has 1 aliphatic heterocycles. The summed E-state index contributed by atoms with van der Waals surface area (Å²) in [6.45, 7) is 3.17. The molecular weight excluding hydrogens is 252 g/mol. The first-order valence-corrected chi connectivity index (χ1v) is 7.72. The van der Waals surface area contributed by atoms with Gasteiger partial charge < -0.3 is 9.47 Å². The second-order valence-electron chi connectivity index (χ2n) is 6.04. The van der Waals surface area contributed by atoms with Gasteiger partial charge >= 0.3 is 0 Å². The average Bonchev–Trinajstić information content (AvgIpc) is 2.85. The number of aryl methyl sites for hydroxylation is 1. The van der Waals surface area contributed by atoms with Crippen molar-refractivity contribution in [1.82, 2.24) is 19.4 Å². The molecule has 3 rings (SSSR count). The topological polar surface area (TPSA) is 41.4 Å². The van der Waals surface area contributed by atoms with Gasteiger partial charge in [0.1, 0.15) is 5.82 Å². The Morgan fingerprint density at radius 1 is 1.25 bits per heavy atom.